The first kappa shape index (κ1) is 14.9. The fraction of sp³-hybridized carbons (Fsp3) is 0.312. The summed E-state index contributed by atoms with van der Waals surface area (Å²) in [7, 11) is 0. The number of aromatic nitrogens is 1. The van der Waals surface area contributed by atoms with Crippen LogP contribution in [0.5, 0.6) is 5.75 Å². The number of hydrogen-bond acceptors (Lipinski definition) is 2. The van der Waals surface area contributed by atoms with E-state index in [2.05, 4.69) is 15.9 Å². The summed E-state index contributed by atoms with van der Waals surface area (Å²) >= 11 is 3.29. The SMILES string of the molecule is Cc1cc(Br)c(=O)n(CCCCOc2ccccc2)c1. The number of unbranched alkanes of at least 4 members (excludes halogenated alkanes) is 1. The van der Waals surface area contributed by atoms with E-state index in [1.54, 1.807) is 4.57 Å². The summed E-state index contributed by atoms with van der Waals surface area (Å²) in [6.07, 6.45) is 3.74. The third kappa shape index (κ3) is 4.23. The number of rotatable bonds is 6. The highest BCUT2D eigenvalue weighted by atomic mass is 79.9. The third-order valence-electron chi connectivity index (χ3n) is 2.98. The molecule has 0 amide bonds. The highest BCUT2D eigenvalue weighted by Crippen LogP contribution is 2.09. The Morgan fingerprint density at radius 3 is 2.70 bits per heavy atom. The highest BCUT2D eigenvalue weighted by molar-refractivity contribution is 9.10. The Hall–Kier alpha value is -1.55. The molecule has 0 bridgehead atoms. The lowest BCUT2D eigenvalue weighted by molar-refractivity contribution is 0.303. The van der Waals surface area contributed by atoms with Crippen molar-refractivity contribution in [2.24, 2.45) is 0 Å². The maximum atomic E-state index is 11.9. The molecular weight excluding hydrogens is 318 g/mol. The van der Waals surface area contributed by atoms with Crippen LogP contribution in [0.4, 0.5) is 0 Å². The molecule has 20 heavy (non-hydrogen) atoms. The molecule has 106 valence electrons. The smallest absolute Gasteiger partial charge is 0.264 e. The summed E-state index contributed by atoms with van der Waals surface area (Å²) in [4.78, 5) is 11.9. The number of pyridine rings is 1. The van der Waals surface area contributed by atoms with Gasteiger partial charge in [0.1, 0.15) is 5.75 Å². The number of benzene rings is 1. The average molecular weight is 336 g/mol. The molecule has 0 spiro atoms. The Morgan fingerprint density at radius 1 is 1.20 bits per heavy atom. The van der Waals surface area contributed by atoms with E-state index >= 15 is 0 Å². The van der Waals surface area contributed by atoms with Gasteiger partial charge in [-0.1, -0.05) is 18.2 Å². The van der Waals surface area contributed by atoms with Crippen molar-refractivity contribution in [3.8, 4) is 5.75 Å². The maximum absolute atomic E-state index is 11.9. The minimum Gasteiger partial charge on any atom is -0.494 e. The normalized spacial score (nSPS) is 10.5. The van der Waals surface area contributed by atoms with E-state index < -0.39 is 0 Å². The molecule has 0 fully saturated rings. The van der Waals surface area contributed by atoms with Crippen LogP contribution in [-0.2, 0) is 6.54 Å². The van der Waals surface area contributed by atoms with Gasteiger partial charge in [-0.25, -0.2) is 0 Å². The minimum absolute atomic E-state index is 0.0274. The van der Waals surface area contributed by atoms with Crippen molar-refractivity contribution in [2.75, 3.05) is 6.61 Å². The molecule has 4 heteroatoms. The van der Waals surface area contributed by atoms with Gasteiger partial charge in [0.25, 0.3) is 5.56 Å². The molecule has 1 aromatic heterocycles. The van der Waals surface area contributed by atoms with E-state index in [1.807, 2.05) is 49.5 Å². The van der Waals surface area contributed by atoms with Gasteiger partial charge >= 0.3 is 0 Å². The maximum Gasteiger partial charge on any atom is 0.264 e. The number of nitrogens with zero attached hydrogens (tertiary/aromatic N) is 1. The lowest BCUT2D eigenvalue weighted by atomic mass is 10.3. The third-order valence-corrected chi connectivity index (χ3v) is 3.55. The quantitative estimate of drug-likeness (QED) is 0.752. The van der Waals surface area contributed by atoms with Crippen molar-refractivity contribution >= 4 is 15.9 Å². The number of aryl methyl sites for hydroxylation is 2. The van der Waals surface area contributed by atoms with Crippen molar-refractivity contribution in [3.63, 3.8) is 0 Å². The van der Waals surface area contributed by atoms with E-state index in [4.69, 9.17) is 4.74 Å². The largest absolute Gasteiger partial charge is 0.494 e. The van der Waals surface area contributed by atoms with E-state index in [0.717, 1.165) is 30.7 Å². The van der Waals surface area contributed by atoms with E-state index in [1.165, 1.54) is 0 Å². The van der Waals surface area contributed by atoms with Crippen molar-refractivity contribution < 1.29 is 4.74 Å². The summed E-state index contributed by atoms with van der Waals surface area (Å²) in [6, 6.07) is 11.6. The molecule has 0 aliphatic rings. The van der Waals surface area contributed by atoms with Gasteiger partial charge in [-0.3, -0.25) is 4.79 Å². The lowest BCUT2D eigenvalue weighted by Crippen LogP contribution is -2.20. The summed E-state index contributed by atoms with van der Waals surface area (Å²) in [5.74, 6) is 0.892. The molecule has 2 rings (SSSR count). The van der Waals surface area contributed by atoms with E-state index in [-0.39, 0.29) is 5.56 Å². The van der Waals surface area contributed by atoms with Crippen molar-refractivity contribution in [2.45, 2.75) is 26.3 Å². The first-order valence-corrected chi connectivity index (χ1v) is 7.50. The number of halogens is 1. The van der Waals surface area contributed by atoms with Crippen LogP contribution < -0.4 is 10.3 Å². The van der Waals surface area contributed by atoms with Crippen molar-refractivity contribution in [1.29, 1.82) is 0 Å². The van der Waals surface area contributed by atoms with Crippen LogP contribution in [0.3, 0.4) is 0 Å². The minimum atomic E-state index is 0.0274. The highest BCUT2D eigenvalue weighted by Gasteiger charge is 2.02. The van der Waals surface area contributed by atoms with Gasteiger partial charge in [-0.2, -0.15) is 0 Å². The van der Waals surface area contributed by atoms with E-state index in [0.29, 0.717) is 11.1 Å². The number of ether oxygens (including phenoxy) is 1. The molecule has 1 aromatic carbocycles. The molecule has 0 radical (unpaired) electrons. The Labute approximate surface area is 127 Å². The van der Waals surface area contributed by atoms with Gasteiger partial charge in [0.05, 0.1) is 11.1 Å². The average Bonchev–Trinajstić information content (AvgIpc) is 2.44. The van der Waals surface area contributed by atoms with Crippen LogP contribution in [0.25, 0.3) is 0 Å². The Balaban J connectivity index is 1.78. The second-order valence-electron chi connectivity index (χ2n) is 4.73. The lowest BCUT2D eigenvalue weighted by Gasteiger charge is -2.08. The monoisotopic (exact) mass is 335 g/mol. The molecule has 0 atom stereocenters. The molecular formula is C16H18BrNO2. The molecule has 0 aliphatic heterocycles. The predicted octanol–water partition coefficient (Wildman–Crippen LogP) is 3.78. The van der Waals surface area contributed by atoms with Gasteiger partial charge in [0.2, 0.25) is 0 Å². The molecule has 1 heterocycles. The molecule has 2 aromatic rings. The van der Waals surface area contributed by atoms with Gasteiger partial charge in [0.15, 0.2) is 0 Å². The van der Waals surface area contributed by atoms with Crippen molar-refractivity contribution in [1.82, 2.24) is 4.57 Å². The van der Waals surface area contributed by atoms with Crippen LogP contribution in [0.15, 0.2) is 51.9 Å². The number of para-hydroxylation sites is 1. The fourth-order valence-electron chi connectivity index (χ4n) is 2.00. The zero-order valence-corrected chi connectivity index (χ0v) is 13.1. The first-order valence-electron chi connectivity index (χ1n) is 6.71. The van der Waals surface area contributed by atoms with Crippen LogP contribution in [0.1, 0.15) is 18.4 Å². The molecule has 0 saturated heterocycles. The van der Waals surface area contributed by atoms with Gasteiger partial charge < -0.3 is 9.30 Å². The molecule has 0 N–H and O–H groups in total. The first-order chi connectivity index (χ1) is 9.66. The number of hydrogen-bond donors (Lipinski definition) is 0. The standard InChI is InChI=1S/C16H18BrNO2/c1-13-11-15(17)16(19)18(12-13)9-5-6-10-20-14-7-3-2-4-8-14/h2-4,7-8,11-12H,5-6,9-10H2,1H3. The summed E-state index contributed by atoms with van der Waals surface area (Å²) in [5.41, 5.74) is 1.11. The molecule has 3 nitrogen and oxygen atoms in total. The van der Waals surface area contributed by atoms with Gasteiger partial charge in [0, 0.05) is 12.7 Å². The predicted molar refractivity (Wildman–Crippen MR) is 84.3 cm³/mol. The second-order valence-corrected chi connectivity index (χ2v) is 5.59. The summed E-state index contributed by atoms with van der Waals surface area (Å²) in [5, 5.41) is 0. The fourth-order valence-corrected chi connectivity index (χ4v) is 2.59. The van der Waals surface area contributed by atoms with Crippen LogP contribution >= 0.6 is 15.9 Å². The molecule has 0 saturated carbocycles. The topological polar surface area (TPSA) is 31.2 Å². The molecule has 0 aliphatic carbocycles. The zero-order chi connectivity index (χ0) is 14.4. The Kier molecular flexibility index (Phi) is 5.41. The van der Waals surface area contributed by atoms with Gasteiger partial charge in [-0.15, -0.1) is 0 Å². The van der Waals surface area contributed by atoms with Crippen LogP contribution in [0.2, 0.25) is 0 Å². The van der Waals surface area contributed by atoms with Gasteiger partial charge in [-0.05, 0) is 59.5 Å². The van der Waals surface area contributed by atoms with E-state index in [9.17, 15) is 4.79 Å². The molecule has 0 unspecified atom stereocenters. The Bertz CT molecular complexity index is 608. The second kappa shape index (κ2) is 7.29. The zero-order valence-electron chi connectivity index (χ0n) is 11.5. The summed E-state index contributed by atoms with van der Waals surface area (Å²) in [6.45, 7) is 3.38. The van der Waals surface area contributed by atoms with Crippen LogP contribution in [0, 0.1) is 6.92 Å². The van der Waals surface area contributed by atoms with Crippen LogP contribution in [-0.4, -0.2) is 11.2 Å². The summed E-state index contributed by atoms with van der Waals surface area (Å²) < 4.78 is 8.00. The van der Waals surface area contributed by atoms with Crippen molar-refractivity contribution in [3.05, 3.63) is 63.0 Å². The Morgan fingerprint density at radius 2 is 1.95 bits per heavy atom.